The van der Waals surface area contributed by atoms with Gasteiger partial charge in [0, 0.05) is 22.7 Å². The molecule has 1 heterocycles. The Kier molecular flexibility index (Phi) is 5.70. The third-order valence-corrected chi connectivity index (χ3v) is 3.98. The standard InChI is InChI=1S/C21H16F2N2O3/c1-13-19(15-6-2-3-7-17(15)25-13)20(26)21(27)24-10-4-5-11-28-18-9-8-14(22)12-16(18)23/h2-3,6-9,12,25H,10-11H2,1H3,(H,24,27). The van der Waals surface area contributed by atoms with Crippen molar-refractivity contribution in [1.29, 1.82) is 0 Å². The van der Waals surface area contributed by atoms with Gasteiger partial charge in [0.25, 0.3) is 11.7 Å². The quantitative estimate of drug-likeness (QED) is 0.405. The second kappa shape index (κ2) is 8.35. The number of aromatic amines is 1. The Labute approximate surface area is 159 Å². The fraction of sp³-hybridized carbons (Fsp3) is 0.143. The average molecular weight is 382 g/mol. The number of hydrogen-bond donors (Lipinski definition) is 2. The molecule has 1 amide bonds. The summed E-state index contributed by atoms with van der Waals surface area (Å²) in [6.45, 7) is 1.52. The normalized spacial score (nSPS) is 10.2. The second-order valence-corrected chi connectivity index (χ2v) is 5.90. The second-order valence-electron chi connectivity index (χ2n) is 5.90. The number of hydrogen-bond acceptors (Lipinski definition) is 3. The molecular formula is C21H16F2N2O3. The van der Waals surface area contributed by atoms with E-state index in [2.05, 4.69) is 22.1 Å². The molecular weight excluding hydrogens is 366 g/mol. The molecule has 7 heteroatoms. The number of rotatable bonds is 5. The molecule has 0 unspecified atom stereocenters. The maximum Gasteiger partial charge on any atom is 0.293 e. The molecule has 3 aromatic rings. The summed E-state index contributed by atoms with van der Waals surface area (Å²) in [4.78, 5) is 27.6. The molecule has 0 saturated carbocycles. The highest BCUT2D eigenvalue weighted by Gasteiger charge is 2.21. The monoisotopic (exact) mass is 382 g/mol. The number of Topliss-reactive ketones (excluding diaryl/α,β-unsaturated/α-hetero) is 1. The number of para-hydroxylation sites is 1. The minimum absolute atomic E-state index is 0.0682. The average Bonchev–Trinajstić information content (AvgIpc) is 3.00. The smallest absolute Gasteiger partial charge is 0.293 e. The van der Waals surface area contributed by atoms with Crippen molar-refractivity contribution in [1.82, 2.24) is 10.3 Å². The van der Waals surface area contributed by atoms with Gasteiger partial charge in [-0.15, -0.1) is 0 Å². The van der Waals surface area contributed by atoms with Gasteiger partial charge in [0.2, 0.25) is 0 Å². The highest BCUT2D eigenvalue weighted by atomic mass is 19.1. The fourth-order valence-electron chi connectivity index (χ4n) is 2.71. The van der Waals surface area contributed by atoms with Crippen LogP contribution in [-0.2, 0) is 4.79 Å². The van der Waals surface area contributed by atoms with Crippen molar-refractivity contribution in [2.24, 2.45) is 0 Å². The van der Waals surface area contributed by atoms with E-state index >= 15 is 0 Å². The molecule has 5 nitrogen and oxygen atoms in total. The first kappa shape index (κ1) is 19.1. The zero-order valence-electron chi connectivity index (χ0n) is 14.9. The number of H-pyrrole nitrogens is 1. The van der Waals surface area contributed by atoms with Crippen LogP contribution < -0.4 is 10.1 Å². The molecule has 0 aliphatic carbocycles. The molecule has 0 radical (unpaired) electrons. The van der Waals surface area contributed by atoms with Gasteiger partial charge in [-0.05, 0) is 25.1 Å². The van der Waals surface area contributed by atoms with Crippen molar-refractivity contribution < 1.29 is 23.1 Å². The van der Waals surface area contributed by atoms with Crippen molar-refractivity contribution in [2.75, 3.05) is 13.2 Å². The minimum atomic E-state index is -0.824. The summed E-state index contributed by atoms with van der Waals surface area (Å²) in [5.41, 5.74) is 1.72. The lowest BCUT2D eigenvalue weighted by Crippen LogP contribution is -2.31. The van der Waals surface area contributed by atoms with Crippen LogP contribution in [0.25, 0.3) is 10.9 Å². The Morgan fingerprint density at radius 2 is 1.93 bits per heavy atom. The molecule has 0 atom stereocenters. The summed E-state index contributed by atoms with van der Waals surface area (Å²) < 4.78 is 31.3. The first-order valence-corrected chi connectivity index (χ1v) is 8.41. The Bertz CT molecular complexity index is 1110. The van der Waals surface area contributed by atoms with E-state index < -0.39 is 23.3 Å². The highest BCUT2D eigenvalue weighted by molar-refractivity contribution is 6.45. The van der Waals surface area contributed by atoms with Crippen molar-refractivity contribution >= 4 is 22.6 Å². The third-order valence-electron chi connectivity index (χ3n) is 3.98. The maximum absolute atomic E-state index is 13.4. The van der Waals surface area contributed by atoms with E-state index in [1.165, 1.54) is 0 Å². The Morgan fingerprint density at radius 1 is 1.14 bits per heavy atom. The summed E-state index contributed by atoms with van der Waals surface area (Å²) in [5, 5.41) is 3.11. The van der Waals surface area contributed by atoms with E-state index in [0.29, 0.717) is 22.7 Å². The molecule has 0 aliphatic heterocycles. The summed E-state index contributed by atoms with van der Waals surface area (Å²) in [6, 6.07) is 10.2. The lowest BCUT2D eigenvalue weighted by molar-refractivity contribution is -0.116. The van der Waals surface area contributed by atoms with Gasteiger partial charge in [0.1, 0.15) is 12.4 Å². The Morgan fingerprint density at radius 3 is 2.71 bits per heavy atom. The lowest BCUT2D eigenvalue weighted by Gasteiger charge is -2.03. The SMILES string of the molecule is Cc1[nH]c2ccccc2c1C(=O)C(=O)NCC#CCOc1ccc(F)cc1F. The first-order valence-electron chi connectivity index (χ1n) is 8.41. The molecule has 0 spiro atoms. The number of aromatic nitrogens is 1. The van der Waals surface area contributed by atoms with E-state index in [1.807, 2.05) is 12.1 Å². The topological polar surface area (TPSA) is 71.2 Å². The molecule has 1 aromatic heterocycles. The molecule has 0 saturated heterocycles. The fourth-order valence-corrected chi connectivity index (χ4v) is 2.71. The van der Waals surface area contributed by atoms with Crippen LogP contribution >= 0.6 is 0 Å². The Hall–Kier alpha value is -3.66. The van der Waals surface area contributed by atoms with Crippen LogP contribution in [0.5, 0.6) is 5.75 Å². The number of carbonyl (C=O) groups excluding carboxylic acids is 2. The molecule has 2 N–H and O–H groups in total. The van der Waals surface area contributed by atoms with Crippen LogP contribution in [-0.4, -0.2) is 29.8 Å². The predicted molar refractivity (Wildman–Crippen MR) is 100 cm³/mol. The predicted octanol–water partition coefficient (Wildman–Crippen LogP) is 3.14. The van der Waals surface area contributed by atoms with E-state index in [9.17, 15) is 18.4 Å². The lowest BCUT2D eigenvalue weighted by atomic mass is 10.1. The molecule has 3 rings (SSSR count). The van der Waals surface area contributed by atoms with Gasteiger partial charge in [-0.25, -0.2) is 8.78 Å². The first-order chi connectivity index (χ1) is 13.5. The van der Waals surface area contributed by atoms with Crippen molar-refractivity contribution in [2.45, 2.75) is 6.92 Å². The van der Waals surface area contributed by atoms with E-state index in [-0.39, 0.29) is 18.9 Å². The summed E-state index contributed by atoms with van der Waals surface area (Å²) in [5.74, 6) is 2.12. The number of ether oxygens (including phenoxy) is 1. The number of benzene rings is 2. The van der Waals surface area contributed by atoms with Crippen LogP contribution in [0.4, 0.5) is 8.78 Å². The number of ketones is 1. The van der Waals surface area contributed by atoms with Crippen molar-refractivity contribution in [3.63, 3.8) is 0 Å². The van der Waals surface area contributed by atoms with Gasteiger partial charge in [-0.1, -0.05) is 30.0 Å². The molecule has 2 aromatic carbocycles. The van der Waals surface area contributed by atoms with Crippen LogP contribution in [0.2, 0.25) is 0 Å². The van der Waals surface area contributed by atoms with E-state index in [4.69, 9.17) is 4.74 Å². The van der Waals surface area contributed by atoms with Gasteiger partial charge in [-0.2, -0.15) is 0 Å². The summed E-state index contributed by atoms with van der Waals surface area (Å²) >= 11 is 0. The summed E-state index contributed by atoms with van der Waals surface area (Å²) in [6.07, 6.45) is 0. The zero-order valence-corrected chi connectivity index (χ0v) is 14.9. The van der Waals surface area contributed by atoms with Gasteiger partial charge in [0.05, 0.1) is 12.1 Å². The Balaban J connectivity index is 1.54. The molecule has 142 valence electrons. The van der Waals surface area contributed by atoms with Crippen molar-refractivity contribution in [3.8, 4) is 17.6 Å². The van der Waals surface area contributed by atoms with Gasteiger partial charge >= 0.3 is 0 Å². The van der Waals surface area contributed by atoms with Crippen LogP contribution in [0, 0.1) is 30.4 Å². The summed E-state index contributed by atoms with van der Waals surface area (Å²) in [7, 11) is 0. The molecule has 0 aliphatic rings. The van der Waals surface area contributed by atoms with Crippen LogP contribution in [0.15, 0.2) is 42.5 Å². The van der Waals surface area contributed by atoms with E-state index in [0.717, 1.165) is 17.6 Å². The number of carbonyl (C=O) groups is 2. The number of halogens is 2. The van der Waals surface area contributed by atoms with E-state index in [1.54, 1.807) is 19.1 Å². The van der Waals surface area contributed by atoms with Crippen LogP contribution in [0.1, 0.15) is 16.1 Å². The number of aryl methyl sites for hydroxylation is 1. The van der Waals surface area contributed by atoms with Crippen molar-refractivity contribution in [3.05, 3.63) is 65.4 Å². The number of amides is 1. The molecule has 0 fully saturated rings. The van der Waals surface area contributed by atoms with Crippen LogP contribution in [0.3, 0.4) is 0 Å². The molecule has 28 heavy (non-hydrogen) atoms. The highest BCUT2D eigenvalue weighted by Crippen LogP contribution is 2.22. The number of fused-ring (bicyclic) bond motifs is 1. The number of nitrogens with one attached hydrogen (secondary N) is 2. The van der Waals surface area contributed by atoms with Gasteiger partial charge < -0.3 is 15.0 Å². The third kappa shape index (κ3) is 4.18. The zero-order chi connectivity index (χ0) is 20.1. The maximum atomic E-state index is 13.4. The molecule has 0 bridgehead atoms. The largest absolute Gasteiger partial charge is 0.478 e. The van der Waals surface area contributed by atoms with Gasteiger partial charge in [-0.3, -0.25) is 9.59 Å². The van der Waals surface area contributed by atoms with Gasteiger partial charge in [0.15, 0.2) is 11.6 Å². The minimum Gasteiger partial charge on any atom is -0.478 e.